The van der Waals surface area contributed by atoms with Crippen LogP contribution < -0.4 is 15.4 Å². The lowest BCUT2D eigenvalue weighted by Crippen LogP contribution is -2.39. The van der Waals surface area contributed by atoms with Gasteiger partial charge in [-0.05, 0) is 66.9 Å². The maximum Gasteiger partial charge on any atom is 0.335 e. The second-order valence-electron chi connectivity index (χ2n) is 8.46. The Hall–Kier alpha value is -4.04. The van der Waals surface area contributed by atoms with Crippen LogP contribution in [0.15, 0.2) is 72.8 Å². The summed E-state index contributed by atoms with van der Waals surface area (Å²) in [5.74, 6) is -0.404. The maximum atomic E-state index is 13.0. The molecule has 0 saturated carbocycles. The smallest absolute Gasteiger partial charge is 0.335 e. The first-order valence-corrected chi connectivity index (χ1v) is 11.9. The van der Waals surface area contributed by atoms with E-state index < -0.39 is 12.0 Å². The van der Waals surface area contributed by atoms with Gasteiger partial charge in [-0.1, -0.05) is 35.9 Å². The molecule has 1 fully saturated rings. The van der Waals surface area contributed by atoms with Crippen LogP contribution in [0.3, 0.4) is 0 Å². The molecule has 1 heterocycles. The van der Waals surface area contributed by atoms with E-state index in [1.807, 2.05) is 17.0 Å². The van der Waals surface area contributed by atoms with Crippen LogP contribution in [0.1, 0.15) is 28.8 Å². The van der Waals surface area contributed by atoms with Gasteiger partial charge in [0, 0.05) is 12.2 Å². The number of benzene rings is 3. The molecular formula is C27H26ClN3O5. The van der Waals surface area contributed by atoms with Crippen molar-refractivity contribution < 1.29 is 24.2 Å². The van der Waals surface area contributed by atoms with Gasteiger partial charge in [-0.2, -0.15) is 0 Å². The van der Waals surface area contributed by atoms with E-state index in [2.05, 4.69) is 10.6 Å². The number of carboxylic acids is 1. The molecule has 3 N–H and O–H groups in total. The number of hydrogen-bond acceptors (Lipinski definition) is 4. The SMILES string of the molecule is O=C(Nc1ccc(CC(=O)N2CCC[C@H]2COc2ccc(C(=O)O)cc2)cc1)Nc1ccccc1Cl. The van der Waals surface area contributed by atoms with Crippen molar-refractivity contribution in [3.05, 3.63) is 88.9 Å². The first-order valence-electron chi connectivity index (χ1n) is 11.6. The van der Waals surface area contributed by atoms with Gasteiger partial charge in [0.05, 0.1) is 28.7 Å². The number of carboxylic acid groups (broad SMARTS) is 1. The number of hydrogen-bond donors (Lipinski definition) is 3. The number of ether oxygens (including phenoxy) is 1. The molecule has 0 unspecified atom stereocenters. The number of carbonyl (C=O) groups is 3. The van der Waals surface area contributed by atoms with Crippen LogP contribution in [-0.4, -0.2) is 47.1 Å². The zero-order chi connectivity index (χ0) is 25.5. The first kappa shape index (κ1) is 25.1. The van der Waals surface area contributed by atoms with Gasteiger partial charge in [0.25, 0.3) is 0 Å². The van der Waals surface area contributed by atoms with Crippen LogP contribution in [-0.2, 0) is 11.2 Å². The third kappa shape index (κ3) is 6.55. The zero-order valence-corrected chi connectivity index (χ0v) is 20.2. The third-order valence-corrected chi connectivity index (χ3v) is 6.26. The number of carbonyl (C=O) groups excluding carboxylic acids is 2. The molecule has 3 aromatic carbocycles. The van der Waals surface area contributed by atoms with Gasteiger partial charge in [0.15, 0.2) is 0 Å². The Morgan fingerprint density at radius 2 is 1.69 bits per heavy atom. The van der Waals surface area contributed by atoms with E-state index in [1.165, 1.54) is 12.1 Å². The number of anilines is 2. The number of halogens is 1. The average Bonchev–Trinajstić information content (AvgIpc) is 3.34. The van der Waals surface area contributed by atoms with E-state index in [4.69, 9.17) is 21.4 Å². The molecule has 0 aromatic heterocycles. The van der Waals surface area contributed by atoms with Gasteiger partial charge in [-0.3, -0.25) is 4.79 Å². The number of rotatable bonds is 8. The molecule has 1 saturated heterocycles. The fraction of sp³-hybridized carbons (Fsp3) is 0.222. The van der Waals surface area contributed by atoms with Gasteiger partial charge in [0.2, 0.25) is 5.91 Å². The van der Waals surface area contributed by atoms with Gasteiger partial charge in [-0.25, -0.2) is 9.59 Å². The number of para-hydroxylation sites is 1. The quantitative estimate of drug-likeness (QED) is 0.383. The lowest BCUT2D eigenvalue weighted by atomic mass is 10.1. The van der Waals surface area contributed by atoms with Crippen molar-refractivity contribution in [1.82, 2.24) is 4.90 Å². The maximum absolute atomic E-state index is 13.0. The highest BCUT2D eigenvalue weighted by atomic mass is 35.5. The number of nitrogens with zero attached hydrogens (tertiary/aromatic N) is 1. The number of nitrogens with one attached hydrogen (secondary N) is 2. The second kappa shape index (κ2) is 11.6. The molecule has 9 heteroatoms. The summed E-state index contributed by atoms with van der Waals surface area (Å²) in [4.78, 5) is 38.0. The molecular weight excluding hydrogens is 482 g/mol. The molecule has 36 heavy (non-hydrogen) atoms. The molecule has 0 radical (unpaired) electrons. The lowest BCUT2D eigenvalue weighted by Gasteiger charge is -2.25. The number of aromatic carboxylic acids is 1. The summed E-state index contributed by atoms with van der Waals surface area (Å²) in [7, 11) is 0. The van der Waals surface area contributed by atoms with Crippen molar-refractivity contribution in [1.29, 1.82) is 0 Å². The minimum Gasteiger partial charge on any atom is -0.491 e. The fourth-order valence-corrected chi connectivity index (χ4v) is 4.24. The molecule has 1 aliphatic rings. The van der Waals surface area contributed by atoms with Crippen LogP contribution >= 0.6 is 11.6 Å². The fourth-order valence-electron chi connectivity index (χ4n) is 4.05. The van der Waals surface area contributed by atoms with E-state index in [-0.39, 0.29) is 23.9 Å². The molecule has 3 amide bonds. The summed E-state index contributed by atoms with van der Waals surface area (Å²) >= 11 is 6.07. The first-order chi connectivity index (χ1) is 17.4. The Morgan fingerprint density at radius 1 is 0.972 bits per heavy atom. The Morgan fingerprint density at radius 3 is 2.39 bits per heavy atom. The molecule has 1 aliphatic heterocycles. The number of likely N-dealkylation sites (tertiary alicyclic amines) is 1. The Labute approximate surface area is 213 Å². The van der Waals surface area contributed by atoms with E-state index in [0.717, 1.165) is 18.4 Å². The van der Waals surface area contributed by atoms with Crippen molar-refractivity contribution in [2.75, 3.05) is 23.8 Å². The Balaban J connectivity index is 1.27. The standard InChI is InChI=1S/C27H26ClN3O5/c28-23-5-1-2-6-24(23)30-27(35)29-20-11-7-18(8-12-20)16-25(32)31-15-3-4-21(31)17-36-22-13-9-19(10-14-22)26(33)34/h1-2,5-14,21H,3-4,15-17H2,(H,33,34)(H2,29,30,35)/t21-/m0/s1. The molecule has 0 aliphatic carbocycles. The Bertz CT molecular complexity index is 1230. The van der Waals surface area contributed by atoms with Gasteiger partial charge in [-0.15, -0.1) is 0 Å². The topological polar surface area (TPSA) is 108 Å². The van der Waals surface area contributed by atoms with E-state index in [1.54, 1.807) is 48.5 Å². The Kier molecular flexibility index (Phi) is 8.07. The van der Waals surface area contributed by atoms with Crippen LogP contribution in [0.2, 0.25) is 5.02 Å². The normalized spacial score (nSPS) is 14.8. The molecule has 1 atom stereocenters. The summed E-state index contributed by atoms with van der Waals surface area (Å²) in [5, 5.41) is 14.9. The summed E-state index contributed by atoms with van der Waals surface area (Å²) in [6.07, 6.45) is 2.00. The average molecular weight is 508 g/mol. The highest BCUT2D eigenvalue weighted by Gasteiger charge is 2.29. The number of urea groups is 1. The van der Waals surface area contributed by atoms with Crippen LogP contribution in [0.4, 0.5) is 16.2 Å². The molecule has 0 spiro atoms. The summed E-state index contributed by atoms with van der Waals surface area (Å²) in [5.41, 5.74) is 2.15. The van der Waals surface area contributed by atoms with Crippen LogP contribution in [0.25, 0.3) is 0 Å². The molecule has 186 valence electrons. The minimum atomic E-state index is -0.988. The summed E-state index contributed by atoms with van der Waals surface area (Å²) in [6, 6.07) is 19.9. The van der Waals surface area contributed by atoms with Gasteiger partial charge >= 0.3 is 12.0 Å². The molecule has 0 bridgehead atoms. The van der Waals surface area contributed by atoms with E-state index in [9.17, 15) is 14.4 Å². The predicted molar refractivity (Wildman–Crippen MR) is 138 cm³/mol. The summed E-state index contributed by atoms with van der Waals surface area (Å²) < 4.78 is 5.82. The second-order valence-corrected chi connectivity index (χ2v) is 8.86. The van der Waals surface area contributed by atoms with Crippen molar-refractivity contribution in [3.63, 3.8) is 0 Å². The predicted octanol–water partition coefficient (Wildman–Crippen LogP) is 5.29. The van der Waals surface area contributed by atoms with E-state index >= 15 is 0 Å². The van der Waals surface area contributed by atoms with Crippen molar-refractivity contribution in [2.45, 2.75) is 25.3 Å². The van der Waals surface area contributed by atoms with Gasteiger partial charge in [0.1, 0.15) is 12.4 Å². The highest BCUT2D eigenvalue weighted by molar-refractivity contribution is 6.33. The lowest BCUT2D eigenvalue weighted by molar-refractivity contribution is -0.131. The minimum absolute atomic E-state index is 0.0134. The van der Waals surface area contributed by atoms with Crippen molar-refractivity contribution in [2.24, 2.45) is 0 Å². The number of amides is 3. The highest BCUT2D eigenvalue weighted by Crippen LogP contribution is 2.23. The van der Waals surface area contributed by atoms with Crippen LogP contribution in [0, 0.1) is 0 Å². The third-order valence-electron chi connectivity index (χ3n) is 5.93. The largest absolute Gasteiger partial charge is 0.491 e. The molecule has 8 nitrogen and oxygen atoms in total. The van der Waals surface area contributed by atoms with Crippen molar-refractivity contribution in [3.8, 4) is 5.75 Å². The monoisotopic (exact) mass is 507 g/mol. The molecule has 4 rings (SSSR count). The zero-order valence-electron chi connectivity index (χ0n) is 19.4. The van der Waals surface area contributed by atoms with Crippen molar-refractivity contribution >= 4 is 40.9 Å². The van der Waals surface area contributed by atoms with Gasteiger partial charge < -0.3 is 25.4 Å². The summed E-state index contributed by atoms with van der Waals surface area (Å²) in [6.45, 7) is 1.02. The van der Waals surface area contributed by atoms with Crippen LogP contribution in [0.5, 0.6) is 5.75 Å². The molecule has 3 aromatic rings. The van der Waals surface area contributed by atoms with E-state index in [0.29, 0.717) is 35.3 Å².